The van der Waals surface area contributed by atoms with E-state index in [1.54, 1.807) is 0 Å². The van der Waals surface area contributed by atoms with Crippen molar-refractivity contribution in [3.8, 4) is 45.0 Å². The molecule has 4 aromatic heterocycles. The Hall–Kier alpha value is -5.61. The van der Waals surface area contributed by atoms with Gasteiger partial charge in [0, 0.05) is 45.0 Å². The van der Waals surface area contributed by atoms with E-state index in [1.165, 1.54) is 10.9 Å². The maximum Gasteiger partial charge on any atom is 0.227 e. The molecule has 0 bridgehead atoms. The quantitative estimate of drug-likeness (QED) is 0.204. The summed E-state index contributed by atoms with van der Waals surface area (Å²) in [6, 6.07) is 46.2. The van der Waals surface area contributed by atoms with Gasteiger partial charge >= 0.3 is 0 Å². The average molecular weight is 555 g/mol. The monoisotopic (exact) mass is 554 g/mol. The van der Waals surface area contributed by atoms with Crippen LogP contribution in [0.1, 0.15) is 5.56 Å². The predicted octanol–water partition coefficient (Wildman–Crippen LogP) is 9.33. The molecule has 0 aliphatic rings. The second-order valence-electron chi connectivity index (χ2n) is 11.0. The number of fused-ring (bicyclic) bond motifs is 4. The molecule has 4 heterocycles. The average Bonchev–Trinajstić information content (AvgIpc) is 3.44. The van der Waals surface area contributed by atoms with Crippen LogP contribution in [0, 0.1) is 6.92 Å². The third-order valence-corrected chi connectivity index (χ3v) is 8.31. The molecule has 0 saturated heterocycles. The van der Waals surface area contributed by atoms with Crippen molar-refractivity contribution < 1.29 is 8.98 Å². The Bertz CT molecular complexity index is 2250. The van der Waals surface area contributed by atoms with E-state index >= 15 is 0 Å². The number of pyridine rings is 3. The molecule has 8 aromatic rings. The predicted molar refractivity (Wildman–Crippen MR) is 174 cm³/mol. The number of para-hydroxylation sites is 1. The second kappa shape index (κ2) is 10.0. The zero-order chi connectivity index (χ0) is 28.9. The van der Waals surface area contributed by atoms with Crippen LogP contribution < -0.4 is 4.57 Å². The molecule has 0 fully saturated rings. The summed E-state index contributed by atoms with van der Waals surface area (Å²) in [6.07, 6.45) is 0. The van der Waals surface area contributed by atoms with Crippen molar-refractivity contribution in [3.05, 3.63) is 139 Å². The van der Waals surface area contributed by atoms with Crippen molar-refractivity contribution in [3.63, 3.8) is 0 Å². The minimum atomic E-state index is 0.627. The fourth-order valence-corrected chi connectivity index (χ4v) is 6.09. The Morgan fingerprint density at radius 3 is 1.93 bits per heavy atom. The Balaban J connectivity index is 1.32. The third-order valence-electron chi connectivity index (χ3n) is 8.31. The summed E-state index contributed by atoms with van der Waals surface area (Å²) >= 11 is 0. The number of aromatic nitrogens is 3. The van der Waals surface area contributed by atoms with Crippen LogP contribution in [0.3, 0.4) is 0 Å². The van der Waals surface area contributed by atoms with Gasteiger partial charge in [-0.2, -0.15) is 4.57 Å². The number of rotatable bonds is 4. The Morgan fingerprint density at radius 2 is 1.21 bits per heavy atom. The Labute approximate surface area is 249 Å². The Morgan fingerprint density at radius 1 is 0.558 bits per heavy atom. The van der Waals surface area contributed by atoms with Crippen LogP contribution in [-0.2, 0) is 7.05 Å². The highest BCUT2D eigenvalue weighted by molar-refractivity contribution is 6.09. The van der Waals surface area contributed by atoms with E-state index < -0.39 is 0 Å². The molecule has 0 atom stereocenters. The molecule has 4 nitrogen and oxygen atoms in total. The molecule has 0 amide bonds. The van der Waals surface area contributed by atoms with Gasteiger partial charge in [0.1, 0.15) is 7.05 Å². The van der Waals surface area contributed by atoms with Crippen LogP contribution in [0.2, 0.25) is 0 Å². The summed E-state index contributed by atoms with van der Waals surface area (Å²) in [6.45, 7) is 2.14. The van der Waals surface area contributed by atoms with Gasteiger partial charge < -0.3 is 4.42 Å². The minimum absolute atomic E-state index is 0.627. The van der Waals surface area contributed by atoms with Crippen molar-refractivity contribution in [2.75, 3.05) is 0 Å². The number of aryl methyl sites for hydroxylation is 2. The summed E-state index contributed by atoms with van der Waals surface area (Å²) in [5.74, 6) is 0. The highest BCUT2D eigenvalue weighted by atomic mass is 16.3. The second-order valence-corrected chi connectivity index (χ2v) is 11.0. The molecule has 0 radical (unpaired) electrons. The fraction of sp³-hybridized carbons (Fsp3) is 0.0513. The van der Waals surface area contributed by atoms with Gasteiger partial charge in [0.05, 0.1) is 22.6 Å². The molecule has 43 heavy (non-hydrogen) atoms. The van der Waals surface area contributed by atoms with Gasteiger partial charge in [0.25, 0.3) is 0 Å². The number of benzene rings is 4. The van der Waals surface area contributed by atoms with Crippen LogP contribution in [0.25, 0.3) is 78.0 Å². The number of hydrogen-bond acceptors (Lipinski definition) is 3. The summed E-state index contributed by atoms with van der Waals surface area (Å²) in [7, 11) is 2.12. The molecule has 4 heteroatoms. The van der Waals surface area contributed by atoms with Crippen LogP contribution in [0.5, 0.6) is 0 Å². The first-order valence-electron chi connectivity index (χ1n) is 14.5. The minimum Gasteiger partial charge on any atom is -0.437 e. The maximum absolute atomic E-state index is 6.64. The summed E-state index contributed by atoms with van der Waals surface area (Å²) < 4.78 is 8.88. The van der Waals surface area contributed by atoms with Gasteiger partial charge in [-0.3, -0.25) is 0 Å². The lowest BCUT2D eigenvalue weighted by molar-refractivity contribution is -0.633. The summed E-state index contributed by atoms with van der Waals surface area (Å²) in [5, 5.41) is 3.27. The largest absolute Gasteiger partial charge is 0.437 e. The van der Waals surface area contributed by atoms with Crippen molar-refractivity contribution in [2.24, 2.45) is 7.05 Å². The number of hydrogen-bond donors (Lipinski definition) is 0. The van der Waals surface area contributed by atoms with Crippen molar-refractivity contribution in [1.82, 2.24) is 9.97 Å². The lowest BCUT2D eigenvalue weighted by atomic mass is 9.99. The molecule has 0 N–H and O–H groups in total. The number of furan rings is 1. The number of nitrogens with zero attached hydrogens (tertiary/aromatic N) is 3. The molecule has 0 saturated carbocycles. The first-order valence-corrected chi connectivity index (χ1v) is 14.5. The molecular weight excluding hydrogens is 526 g/mol. The lowest BCUT2D eigenvalue weighted by Gasteiger charge is -2.10. The molecule has 0 unspecified atom stereocenters. The topological polar surface area (TPSA) is 42.8 Å². The fourth-order valence-electron chi connectivity index (χ4n) is 6.09. The molecule has 8 rings (SSSR count). The van der Waals surface area contributed by atoms with E-state index in [-0.39, 0.29) is 0 Å². The van der Waals surface area contributed by atoms with E-state index in [2.05, 4.69) is 116 Å². The van der Waals surface area contributed by atoms with Gasteiger partial charge in [-0.1, -0.05) is 84.9 Å². The van der Waals surface area contributed by atoms with Gasteiger partial charge in [0.15, 0.2) is 5.58 Å². The van der Waals surface area contributed by atoms with E-state index in [0.717, 1.165) is 66.9 Å². The SMILES string of the molecule is Cc1ccc2c(oc3nc(-c4cc(-c5ccccc5)nc(-c5ccccc5)c4)ccc32)c1-c1ccc2ccccc2[n+]1C. The van der Waals surface area contributed by atoms with Crippen molar-refractivity contribution in [2.45, 2.75) is 6.92 Å². The first-order chi connectivity index (χ1) is 21.1. The van der Waals surface area contributed by atoms with Crippen LogP contribution in [0.15, 0.2) is 138 Å². The molecule has 0 aliphatic heterocycles. The van der Waals surface area contributed by atoms with E-state index in [1.807, 2.05) is 36.4 Å². The normalized spacial score (nSPS) is 11.5. The first kappa shape index (κ1) is 25.1. The molecular formula is C39H28N3O+. The van der Waals surface area contributed by atoms with Crippen molar-refractivity contribution >= 4 is 33.0 Å². The highest BCUT2D eigenvalue weighted by Gasteiger charge is 2.23. The molecule has 4 aromatic carbocycles. The van der Waals surface area contributed by atoms with Crippen molar-refractivity contribution in [1.29, 1.82) is 0 Å². The van der Waals surface area contributed by atoms with Gasteiger partial charge in [0.2, 0.25) is 16.9 Å². The van der Waals surface area contributed by atoms with Crippen LogP contribution in [-0.4, -0.2) is 9.97 Å². The van der Waals surface area contributed by atoms with Crippen LogP contribution >= 0.6 is 0 Å². The summed E-state index contributed by atoms with van der Waals surface area (Å²) in [4.78, 5) is 10.1. The standard InChI is InChI=1S/C39H28N3O/c1-25-17-19-30-31-20-21-32(29-23-33(26-11-5-3-6-12-26)40-34(24-29)27-13-7-4-8-14-27)41-39(31)43-38(30)37(25)36-22-18-28-15-9-10-16-35(28)42(36)2/h3-24H,1-2H3/q+1. The summed E-state index contributed by atoms with van der Waals surface area (Å²) in [5.41, 5.74) is 11.8. The van der Waals surface area contributed by atoms with Gasteiger partial charge in [-0.15, -0.1) is 0 Å². The molecule has 204 valence electrons. The van der Waals surface area contributed by atoms with Gasteiger partial charge in [-0.05, 0) is 48.9 Å². The van der Waals surface area contributed by atoms with Gasteiger partial charge in [-0.25, -0.2) is 9.97 Å². The smallest absolute Gasteiger partial charge is 0.227 e. The van der Waals surface area contributed by atoms with E-state index in [0.29, 0.717) is 5.71 Å². The maximum atomic E-state index is 6.64. The zero-order valence-corrected chi connectivity index (χ0v) is 24.0. The molecule has 0 aliphatic carbocycles. The zero-order valence-electron chi connectivity index (χ0n) is 24.0. The highest BCUT2D eigenvalue weighted by Crippen LogP contribution is 2.38. The van der Waals surface area contributed by atoms with E-state index in [9.17, 15) is 0 Å². The molecule has 0 spiro atoms. The Kier molecular flexibility index (Phi) is 5.86. The third kappa shape index (κ3) is 4.27. The lowest BCUT2D eigenvalue weighted by Crippen LogP contribution is -2.32. The van der Waals surface area contributed by atoms with Crippen LogP contribution in [0.4, 0.5) is 0 Å². The van der Waals surface area contributed by atoms with E-state index in [4.69, 9.17) is 14.4 Å².